The van der Waals surface area contributed by atoms with Crippen LogP contribution in [0.5, 0.6) is 0 Å². The number of hydrogen-bond donors (Lipinski definition) is 2. The number of aromatic nitrogens is 3. The molecule has 2 N–H and O–H groups in total. The predicted molar refractivity (Wildman–Crippen MR) is 146 cm³/mol. The summed E-state index contributed by atoms with van der Waals surface area (Å²) in [6.45, 7) is 3.21. The summed E-state index contributed by atoms with van der Waals surface area (Å²) in [7, 11) is 1.81. The Bertz CT molecular complexity index is 1440. The number of benzene rings is 2. The molecule has 4 rings (SSSR count). The van der Waals surface area contributed by atoms with Crippen LogP contribution in [-0.4, -0.2) is 47.9 Å². The molecule has 0 bridgehead atoms. The van der Waals surface area contributed by atoms with Crippen LogP contribution >= 0.6 is 27.5 Å². The SMILES string of the molecule is CNCCN(CC=O)c1ncc(-c2cc3c(NCc4cc(Br)ccc4F)c(Cl)c(C)nc3cc2F)cn1. The summed E-state index contributed by atoms with van der Waals surface area (Å²) in [5.74, 6) is -0.489. The highest BCUT2D eigenvalue weighted by molar-refractivity contribution is 9.10. The van der Waals surface area contributed by atoms with Crippen molar-refractivity contribution in [2.24, 2.45) is 0 Å². The Morgan fingerprint density at radius 3 is 2.59 bits per heavy atom. The fraction of sp³-hybridized carbons (Fsp3) is 0.231. The second-order valence-corrected chi connectivity index (χ2v) is 9.61. The van der Waals surface area contributed by atoms with Gasteiger partial charge in [-0.3, -0.25) is 4.98 Å². The van der Waals surface area contributed by atoms with E-state index in [-0.39, 0.29) is 24.5 Å². The molecule has 37 heavy (non-hydrogen) atoms. The average molecular weight is 590 g/mol. The van der Waals surface area contributed by atoms with Crippen LogP contribution in [0.2, 0.25) is 5.02 Å². The van der Waals surface area contributed by atoms with Crippen molar-refractivity contribution in [1.82, 2.24) is 20.3 Å². The van der Waals surface area contributed by atoms with E-state index in [4.69, 9.17) is 11.6 Å². The molecule has 0 spiro atoms. The van der Waals surface area contributed by atoms with E-state index in [0.29, 0.717) is 57.5 Å². The number of carbonyl (C=O) groups is 1. The summed E-state index contributed by atoms with van der Waals surface area (Å²) in [6.07, 6.45) is 3.80. The molecule has 0 aliphatic rings. The normalized spacial score (nSPS) is 11.1. The van der Waals surface area contributed by atoms with Gasteiger partial charge in [0.05, 0.1) is 28.5 Å². The molecule has 0 amide bonds. The number of aldehydes is 1. The number of fused-ring (bicyclic) bond motifs is 1. The van der Waals surface area contributed by atoms with Crippen molar-refractivity contribution >= 4 is 56.4 Å². The molecule has 7 nitrogen and oxygen atoms in total. The van der Waals surface area contributed by atoms with Gasteiger partial charge in [-0.05, 0) is 38.2 Å². The van der Waals surface area contributed by atoms with Gasteiger partial charge in [0.2, 0.25) is 5.95 Å². The number of anilines is 2. The van der Waals surface area contributed by atoms with Crippen LogP contribution in [0.4, 0.5) is 20.4 Å². The minimum Gasteiger partial charge on any atom is -0.379 e. The van der Waals surface area contributed by atoms with Crippen molar-refractivity contribution in [2.45, 2.75) is 13.5 Å². The van der Waals surface area contributed by atoms with Crippen molar-refractivity contribution in [3.05, 3.63) is 75.1 Å². The van der Waals surface area contributed by atoms with E-state index in [0.717, 1.165) is 10.8 Å². The number of carbonyl (C=O) groups excluding carboxylic acids is 1. The first-order valence-corrected chi connectivity index (χ1v) is 12.6. The first kappa shape index (κ1) is 26.8. The Morgan fingerprint density at radius 2 is 1.89 bits per heavy atom. The number of rotatable bonds is 10. The third kappa shape index (κ3) is 6.03. The molecule has 2 aromatic heterocycles. The van der Waals surface area contributed by atoms with E-state index in [2.05, 4.69) is 41.5 Å². The molecule has 2 aromatic carbocycles. The Morgan fingerprint density at radius 1 is 1.14 bits per heavy atom. The van der Waals surface area contributed by atoms with Crippen LogP contribution in [0, 0.1) is 18.6 Å². The smallest absolute Gasteiger partial charge is 0.225 e. The number of aryl methyl sites for hydroxylation is 1. The van der Waals surface area contributed by atoms with Gasteiger partial charge in [-0.1, -0.05) is 27.5 Å². The largest absolute Gasteiger partial charge is 0.379 e. The second-order valence-electron chi connectivity index (χ2n) is 8.31. The van der Waals surface area contributed by atoms with E-state index in [9.17, 15) is 9.18 Å². The lowest BCUT2D eigenvalue weighted by atomic mass is 10.0. The van der Waals surface area contributed by atoms with Crippen LogP contribution in [0.15, 0.2) is 47.2 Å². The molecule has 0 fully saturated rings. The topological polar surface area (TPSA) is 83.0 Å². The Hall–Kier alpha value is -3.21. The molecule has 11 heteroatoms. The maximum Gasteiger partial charge on any atom is 0.225 e. The predicted octanol–water partition coefficient (Wildman–Crippen LogP) is 5.53. The van der Waals surface area contributed by atoms with E-state index in [1.807, 2.05) is 7.05 Å². The molecule has 0 atom stereocenters. The fourth-order valence-corrected chi connectivity index (χ4v) is 4.49. The Labute approximate surface area is 226 Å². The van der Waals surface area contributed by atoms with Gasteiger partial charge in [0, 0.05) is 64.6 Å². The van der Waals surface area contributed by atoms with Crippen molar-refractivity contribution < 1.29 is 13.6 Å². The van der Waals surface area contributed by atoms with Gasteiger partial charge in [0.25, 0.3) is 0 Å². The average Bonchev–Trinajstić information content (AvgIpc) is 2.89. The van der Waals surface area contributed by atoms with Gasteiger partial charge >= 0.3 is 0 Å². The van der Waals surface area contributed by atoms with Crippen LogP contribution in [0.3, 0.4) is 0 Å². The zero-order valence-corrected chi connectivity index (χ0v) is 22.5. The summed E-state index contributed by atoms with van der Waals surface area (Å²) >= 11 is 9.95. The first-order valence-electron chi connectivity index (χ1n) is 11.4. The van der Waals surface area contributed by atoms with Gasteiger partial charge < -0.3 is 20.3 Å². The lowest BCUT2D eigenvalue weighted by Gasteiger charge is -2.20. The van der Waals surface area contributed by atoms with Gasteiger partial charge in [0.15, 0.2) is 0 Å². The third-order valence-corrected chi connectivity index (χ3v) is 6.76. The second kappa shape index (κ2) is 11.9. The van der Waals surface area contributed by atoms with Crippen molar-refractivity contribution in [3.8, 4) is 11.1 Å². The van der Waals surface area contributed by atoms with Crippen LogP contribution < -0.4 is 15.5 Å². The van der Waals surface area contributed by atoms with E-state index in [1.54, 1.807) is 30.0 Å². The number of likely N-dealkylation sites (N-methyl/N-ethyl adjacent to an activating group) is 1. The van der Waals surface area contributed by atoms with Gasteiger partial charge in [0.1, 0.15) is 17.9 Å². The Kier molecular flexibility index (Phi) is 8.63. The van der Waals surface area contributed by atoms with E-state index in [1.165, 1.54) is 24.5 Å². The van der Waals surface area contributed by atoms with Crippen molar-refractivity contribution in [2.75, 3.05) is 36.9 Å². The standard InChI is InChI=1S/C26H24BrClF2N6O/c1-15-24(28)25(32-12-16-9-18(27)3-4-21(16)29)20-10-19(22(30)11-23(20)35-15)17-13-33-26(34-14-17)36(7-8-37)6-5-31-2/h3-4,8-11,13-14,31H,5-7,12H2,1-2H3,(H,32,35). The summed E-state index contributed by atoms with van der Waals surface area (Å²) in [5.41, 5.74) is 2.59. The first-order chi connectivity index (χ1) is 17.8. The highest BCUT2D eigenvalue weighted by atomic mass is 79.9. The van der Waals surface area contributed by atoms with Gasteiger partial charge in [-0.25, -0.2) is 18.7 Å². The minimum absolute atomic E-state index is 0.141. The maximum absolute atomic E-state index is 15.2. The van der Waals surface area contributed by atoms with E-state index >= 15 is 4.39 Å². The number of nitrogens with zero attached hydrogens (tertiary/aromatic N) is 4. The molecule has 0 radical (unpaired) electrons. The van der Waals surface area contributed by atoms with E-state index < -0.39 is 5.82 Å². The zero-order valence-electron chi connectivity index (χ0n) is 20.2. The molecule has 0 unspecified atom stereocenters. The van der Waals surface area contributed by atoms with Crippen LogP contribution in [-0.2, 0) is 11.3 Å². The number of pyridine rings is 1. The molecule has 0 aliphatic carbocycles. The highest BCUT2D eigenvalue weighted by Gasteiger charge is 2.17. The molecule has 0 saturated carbocycles. The maximum atomic E-state index is 15.2. The number of halogens is 4. The quantitative estimate of drug-likeness (QED) is 0.235. The lowest BCUT2D eigenvalue weighted by molar-refractivity contribution is -0.106. The monoisotopic (exact) mass is 588 g/mol. The lowest BCUT2D eigenvalue weighted by Crippen LogP contribution is -2.33. The van der Waals surface area contributed by atoms with Crippen molar-refractivity contribution in [3.63, 3.8) is 0 Å². The molecular weight excluding hydrogens is 566 g/mol. The molecular formula is C26H24BrClF2N6O. The molecule has 0 aliphatic heterocycles. The summed E-state index contributed by atoms with van der Waals surface area (Å²) < 4.78 is 30.3. The minimum atomic E-state index is -0.498. The summed E-state index contributed by atoms with van der Waals surface area (Å²) in [4.78, 5) is 25.9. The molecule has 2 heterocycles. The van der Waals surface area contributed by atoms with Crippen molar-refractivity contribution in [1.29, 1.82) is 0 Å². The molecule has 192 valence electrons. The molecule has 4 aromatic rings. The third-order valence-electron chi connectivity index (χ3n) is 5.80. The van der Waals surface area contributed by atoms with Crippen LogP contribution in [0.1, 0.15) is 11.3 Å². The number of hydrogen-bond acceptors (Lipinski definition) is 7. The van der Waals surface area contributed by atoms with Gasteiger partial charge in [-0.15, -0.1) is 0 Å². The summed E-state index contributed by atoms with van der Waals surface area (Å²) in [5, 5.41) is 7.16. The highest BCUT2D eigenvalue weighted by Crippen LogP contribution is 2.36. The molecule has 0 saturated heterocycles. The van der Waals surface area contributed by atoms with Gasteiger partial charge in [-0.2, -0.15) is 0 Å². The zero-order chi connectivity index (χ0) is 26.5. The number of nitrogens with one attached hydrogen (secondary N) is 2. The Balaban J connectivity index is 1.72. The summed E-state index contributed by atoms with van der Waals surface area (Å²) in [6, 6.07) is 7.65. The fourth-order valence-electron chi connectivity index (χ4n) is 3.87. The van der Waals surface area contributed by atoms with Crippen LogP contribution in [0.25, 0.3) is 22.0 Å².